The fourth-order valence-corrected chi connectivity index (χ4v) is 4.42. The average molecular weight is 460 g/mol. The van der Waals surface area contributed by atoms with Crippen molar-refractivity contribution >= 4 is 23.4 Å². The van der Waals surface area contributed by atoms with Crippen LogP contribution in [0.4, 0.5) is 5.69 Å². The molecule has 1 heterocycles. The van der Waals surface area contributed by atoms with Crippen LogP contribution < -0.4 is 10.1 Å². The Morgan fingerprint density at radius 3 is 2.36 bits per heavy atom. The molecule has 0 bridgehead atoms. The second kappa shape index (κ2) is 10.4. The minimum Gasteiger partial charge on any atom is -0.497 e. The summed E-state index contributed by atoms with van der Waals surface area (Å²) in [5.74, 6) is 1.14. The summed E-state index contributed by atoms with van der Waals surface area (Å²) in [6.07, 6.45) is 0.502. The van der Waals surface area contributed by atoms with Crippen molar-refractivity contribution in [3.05, 3.63) is 101 Å². The van der Waals surface area contributed by atoms with E-state index in [1.165, 1.54) is 11.8 Å². The summed E-state index contributed by atoms with van der Waals surface area (Å²) >= 11 is 1.24. The molecule has 4 rings (SSSR count). The first-order chi connectivity index (χ1) is 16.0. The first-order valence-corrected chi connectivity index (χ1v) is 11.4. The number of carbonyl (C=O) groups is 1. The normalized spacial score (nSPS) is 11.7. The number of methoxy groups -OCH3 is 1. The van der Waals surface area contributed by atoms with Gasteiger partial charge in [0.05, 0.1) is 13.5 Å². The molecule has 0 fully saturated rings. The molecular weight excluding hydrogens is 434 g/mol. The smallest absolute Gasteiger partial charge is 0.277 e. The molecule has 1 atom stereocenters. The molecule has 1 N–H and O–H groups in total. The van der Waals surface area contributed by atoms with Gasteiger partial charge in [-0.25, -0.2) is 0 Å². The van der Waals surface area contributed by atoms with E-state index in [9.17, 15) is 4.79 Å². The minimum absolute atomic E-state index is 0.147. The van der Waals surface area contributed by atoms with Crippen molar-refractivity contribution in [1.82, 2.24) is 10.2 Å². The van der Waals surface area contributed by atoms with E-state index in [1.54, 1.807) is 7.11 Å². The first-order valence-electron chi connectivity index (χ1n) is 10.6. The number of carbonyl (C=O) groups excluding carboxylic acids is 1. The number of aryl methyl sites for hydroxylation is 2. The van der Waals surface area contributed by atoms with Crippen molar-refractivity contribution in [2.24, 2.45) is 0 Å². The van der Waals surface area contributed by atoms with Crippen LogP contribution in [-0.4, -0.2) is 23.2 Å². The van der Waals surface area contributed by atoms with Crippen molar-refractivity contribution in [3.8, 4) is 5.75 Å². The molecule has 0 radical (unpaired) electrons. The quantitative estimate of drug-likeness (QED) is 0.338. The molecule has 0 aliphatic rings. The third kappa shape index (κ3) is 6.02. The van der Waals surface area contributed by atoms with Crippen LogP contribution in [0.1, 0.15) is 33.4 Å². The zero-order valence-corrected chi connectivity index (χ0v) is 19.6. The van der Waals surface area contributed by atoms with E-state index in [-0.39, 0.29) is 5.91 Å². The van der Waals surface area contributed by atoms with Crippen molar-refractivity contribution in [2.45, 2.75) is 30.7 Å². The molecule has 0 saturated heterocycles. The van der Waals surface area contributed by atoms with Gasteiger partial charge >= 0.3 is 0 Å². The summed E-state index contributed by atoms with van der Waals surface area (Å²) in [4.78, 5) is 13.3. The summed E-state index contributed by atoms with van der Waals surface area (Å²) in [5.41, 5.74) is 4.84. The van der Waals surface area contributed by atoms with Gasteiger partial charge in [0, 0.05) is 5.69 Å². The predicted octanol–water partition coefficient (Wildman–Crippen LogP) is 5.76. The number of nitrogens with one attached hydrogen (secondary N) is 1. The summed E-state index contributed by atoms with van der Waals surface area (Å²) < 4.78 is 11.1. The highest BCUT2D eigenvalue weighted by Crippen LogP contribution is 2.36. The van der Waals surface area contributed by atoms with Crippen LogP contribution in [0.15, 0.2) is 82.4 Å². The third-order valence-corrected chi connectivity index (χ3v) is 6.10. The standard InChI is InChI=1S/C26H25N3O3S/c1-17-13-18(2)15-21(14-17)27-25(30)24(20-7-5-4-6-8-20)33-26-29-28-23(32-26)16-19-9-11-22(31-3)12-10-19/h4-15,24H,16H2,1-3H3,(H,27,30)/t24-/m1/s1. The Bertz CT molecular complexity index is 1200. The maximum Gasteiger partial charge on any atom is 0.277 e. The van der Waals surface area contributed by atoms with Crippen LogP contribution in [0.3, 0.4) is 0 Å². The van der Waals surface area contributed by atoms with Gasteiger partial charge in [0.2, 0.25) is 11.8 Å². The molecule has 7 heteroatoms. The van der Waals surface area contributed by atoms with Crippen LogP contribution in [0.2, 0.25) is 0 Å². The van der Waals surface area contributed by atoms with Crippen molar-refractivity contribution in [3.63, 3.8) is 0 Å². The molecule has 0 spiro atoms. The van der Waals surface area contributed by atoms with Gasteiger partial charge in [0.15, 0.2) is 0 Å². The summed E-state index contributed by atoms with van der Waals surface area (Å²) in [6.45, 7) is 4.02. The first kappa shape index (κ1) is 22.6. The van der Waals surface area contributed by atoms with Gasteiger partial charge in [0.1, 0.15) is 11.0 Å². The summed E-state index contributed by atoms with van der Waals surface area (Å²) in [5, 5.41) is 11.2. The molecule has 1 amide bonds. The number of hydrogen-bond acceptors (Lipinski definition) is 6. The van der Waals surface area contributed by atoms with E-state index < -0.39 is 5.25 Å². The van der Waals surface area contributed by atoms with Gasteiger partial charge in [-0.1, -0.05) is 48.5 Å². The largest absolute Gasteiger partial charge is 0.497 e. The topological polar surface area (TPSA) is 77.2 Å². The van der Waals surface area contributed by atoms with Crippen LogP contribution >= 0.6 is 11.8 Å². The Morgan fingerprint density at radius 1 is 1.00 bits per heavy atom. The van der Waals surface area contributed by atoms with Gasteiger partial charge < -0.3 is 14.5 Å². The lowest BCUT2D eigenvalue weighted by Gasteiger charge is -2.16. The molecule has 33 heavy (non-hydrogen) atoms. The Kier molecular flexibility index (Phi) is 7.10. The van der Waals surface area contributed by atoms with E-state index >= 15 is 0 Å². The van der Waals surface area contributed by atoms with E-state index in [2.05, 4.69) is 21.6 Å². The Hall–Kier alpha value is -3.58. The van der Waals surface area contributed by atoms with Crippen molar-refractivity contribution in [1.29, 1.82) is 0 Å². The number of ether oxygens (including phenoxy) is 1. The fraction of sp³-hybridized carbons (Fsp3) is 0.192. The number of hydrogen-bond donors (Lipinski definition) is 1. The summed E-state index contributed by atoms with van der Waals surface area (Å²) in [6, 6.07) is 23.3. The number of thioether (sulfide) groups is 1. The maximum atomic E-state index is 13.3. The van der Waals surface area contributed by atoms with E-state index in [0.717, 1.165) is 33.7 Å². The van der Waals surface area contributed by atoms with Crippen molar-refractivity contribution < 1.29 is 13.9 Å². The van der Waals surface area contributed by atoms with Crippen LogP contribution in [-0.2, 0) is 11.2 Å². The Balaban J connectivity index is 1.51. The molecule has 0 aliphatic heterocycles. The Morgan fingerprint density at radius 2 is 1.70 bits per heavy atom. The highest BCUT2D eigenvalue weighted by Gasteiger charge is 2.25. The van der Waals surface area contributed by atoms with Gasteiger partial charge in [-0.3, -0.25) is 4.79 Å². The fourth-order valence-electron chi connectivity index (χ4n) is 3.53. The lowest BCUT2D eigenvalue weighted by Crippen LogP contribution is -2.19. The van der Waals surface area contributed by atoms with E-state index in [4.69, 9.17) is 9.15 Å². The molecule has 0 aliphatic carbocycles. The lowest BCUT2D eigenvalue weighted by molar-refractivity contribution is -0.115. The second-order valence-electron chi connectivity index (χ2n) is 7.76. The monoisotopic (exact) mass is 459 g/mol. The van der Waals surface area contributed by atoms with Crippen LogP contribution in [0.25, 0.3) is 0 Å². The number of aromatic nitrogens is 2. The molecule has 3 aromatic carbocycles. The highest BCUT2D eigenvalue weighted by molar-refractivity contribution is 8.00. The molecular formula is C26H25N3O3S. The molecule has 168 valence electrons. The highest BCUT2D eigenvalue weighted by atomic mass is 32.2. The number of amides is 1. The third-order valence-electron chi connectivity index (χ3n) is 5.01. The molecule has 0 saturated carbocycles. The van der Waals surface area contributed by atoms with E-state index in [1.807, 2.05) is 80.6 Å². The van der Waals surface area contributed by atoms with Gasteiger partial charge in [-0.15, -0.1) is 10.2 Å². The van der Waals surface area contributed by atoms with Gasteiger partial charge in [-0.05, 0) is 72.1 Å². The van der Waals surface area contributed by atoms with Gasteiger partial charge in [0.25, 0.3) is 5.22 Å². The zero-order valence-electron chi connectivity index (χ0n) is 18.7. The summed E-state index contributed by atoms with van der Waals surface area (Å²) in [7, 11) is 1.63. The number of rotatable bonds is 8. The average Bonchev–Trinajstić information content (AvgIpc) is 3.24. The van der Waals surface area contributed by atoms with E-state index in [0.29, 0.717) is 17.5 Å². The second-order valence-corrected chi connectivity index (χ2v) is 8.82. The molecule has 6 nitrogen and oxygen atoms in total. The van der Waals surface area contributed by atoms with Crippen LogP contribution in [0, 0.1) is 13.8 Å². The molecule has 1 aromatic heterocycles. The molecule has 4 aromatic rings. The zero-order chi connectivity index (χ0) is 23.2. The number of benzene rings is 3. The molecule has 0 unspecified atom stereocenters. The lowest BCUT2D eigenvalue weighted by atomic mass is 10.1. The maximum absolute atomic E-state index is 13.3. The predicted molar refractivity (Wildman–Crippen MR) is 130 cm³/mol. The van der Waals surface area contributed by atoms with Gasteiger partial charge in [-0.2, -0.15) is 0 Å². The number of anilines is 1. The SMILES string of the molecule is COc1ccc(Cc2nnc(S[C@@H](C(=O)Nc3cc(C)cc(C)c3)c3ccccc3)o2)cc1. The number of nitrogens with zero attached hydrogens (tertiary/aromatic N) is 2. The van der Waals surface area contributed by atoms with Crippen molar-refractivity contribution in [2.75, 3.05) is 12.4 Å². The minimum atomic E-state index is -0.540. The van der Waals surface area contributed by atoms with Crippen LogP contribution in [0.5, 0.6) is 5.75 Å². The Labute approximate surface area is 197 Å².